The number of carbonyl (C=O) groups excluding carboxylic acids is 2. The molecule has 2 amide bonds. The minimum Gasteiger partial charge on any atom is -0.348 e. The number of amides is 2. The van der Waals surface area contributed by atoms with Gasteiger partial charge in [0.2, 0.25) is 11.8 Å². The second kappa shape index (κ2) is 9.57. The number of hydrogen-bond acceptors (Lipinski definition) is 4. The lowest BCUT2D eigenvalue weighted by Crippen LogP contribution is -2.38. The van der Waals surface area contributed by atoms with Crippen LogP contribution in [-0.4, -0.2) is 65.6 Å². The highest BCUT2D eigenvalue weighted by atomic mass is 16.2. The molecule has 0 radical (unpaired) electrons. The maximum absolute atomic E-state index is 12.7. The Bertz CT molecular complexity index is 1070. The maximum Gasteiger partial charge on any atom is 0.239 e. The monoisotopic (exact) mass is 419 g/mol. The number of rotatable bonds is 7. The van der Waals surface area contributed by atoms with Crippen molar-refractivity contribution >= 4 is 17.6 Å². The zero-order chi connectivity index (χ0) is 22.5. The van der Waals surface area contributed by atoms with Crippen molar-refractivity contribution in [3.63, 3.8) is 0 Å². The van der Waals surface area contributed by atoms with Crippen LogP contribution >= 0.6 is 0 Å². The minimum atomic E-state index is -0.210. The van der Waals surface area contributed by atoms with E-state index in [0.717, 1.165) is 28.1 Å². The number of para-hydroxylation sites is 1. The van der Waals surface area contributed by atoms with Gasteiger partial charge in [-0.3, -0.25) is 14.5 Å². The Hall–Kier alpha value is -3.45. The highest BCUT2D eigenvalue weighted by Crippen LogP contribution is 2.28. The molecule has 0 bridgehead atoms. The summed E-state index contributed by atoms with van der Waals surface area (Å²) in [6.07, 6.45) is 0. The van der Waals surface area contributed by atoms with Gasteiger partial charge in [0.15, 0.2) is 0 Å². The molecule has 0 atom stereocenters. The van der Waals surface area contributed by atoms with Crippen molar-refractivity contribution in [3.05, 3.63) is 65.7 Å². The van der Waals surface area contributed by atoms with E-state index < -0.39 is 0 Å². The Kier molecular flexibility index (Phi) is 6.87. The molecule has 0 aliphatic heterocycles. The minimum absolute atomic E-state index is 0.0539. The van der Waals surface area contributed by atoms with Gasteiger partial charge in [-0.25, -0.2) is 4.68 Å². The van der Waals surface area contributed by atoms with Crippen LogP contribution in [0, 0.1) is 13.8 Å². The highest BCUT2D eigenvalue weighted by molar-refractivity contribution is 5.92. The van der Waals surface area contributed by atoms with Crippen LogP contribution in [0.4, 0.5) is 5.82 Å². The average molecular weight is 420 g/mol. The number of likely N-dealkylation sites (N-methyl/N-ethyl adjacent to an activating group) is 2. The molecular weight excluding hydrogens is 390 g/mol. The van der Waals surface area contributed by atoms with Crippen molar-refractivity contribution < 1.29 is 9.59 Å². The van der Waals surface area contributed by atoms with Gasteiger partial charge >= 0.3 is 0 Å². The molecule has 7 nitrogen and oxygen atoms in total. The van der Waals surface area contributed by atoms with Crippen LogP contribution in [0.15, 0.2) is 54.6 Å². The fourth-order valence-electron chi connectivity index (χ4n) is 3.24. The molecule has 0 aliphatic carbocycles. The van der Waals surface area contributed by atoms with E-state index in [1.807, 2.05) is 50.2 Å². The predicted molar refractivity (Wildman–Crippen MR) is 123 cm³/mol. The Morgan fingerprint density at radius 1 is 0.968 bits per heavy atom. The molecule has 1 aromatic heterocycles. The van der Waals surface area contributed by atoms with Crippen molar-refractivity contribution in [2.75, 3.05) is 39.5 Å². The van der Waals surface area contributed by atoms with Gasteiger partial charge in [0.05, 0.1) is 24.5 Å². The number of nitrogens with zero attached hydrogens (tertiary/aromatic N) is 4. The third-order valence-corrected chi connectivity index (χ3v) is 4.96. The number of benzene rings is 2. The van der Waals surface area contributed by atoms with Gasteiger partial charge in [0.25, 0.3) is 0 Å². The fraction of sp³-hybridized carbons (Fsp3) is 0.292. The van der Waals surface area contributed by atoms with Crippen LogP contribution in [-0.2, 0) is 9.59 Å². The molecule has 0 saturated heterocycles. The van der Waals surface area contributed by atoms with Crippen LogP contribution < -0.4 is 5.32 Å². The molecule has 7 heteroatoms. The second-order valence-electron chi connectivity index (χ2n) is 7.99. The smallest absolute Gasteiger partial charge is 0.239 e. The Morgan fingerprint density at radius 2 is 1.68 bits per heavy atom. The summed E-state index contributed by atoms with van der Waals surface area (Å²) < 4.78 is 1.74. The first-order chi connectivity index (χ1) is 14.7. The van der Waals surface area contributed by atoms with Crippen molar-refractivity contribution in [2.24, 2.45) is 0 Å². The van der Waals surface area contributed by atoms with Gasteiger partial charge in [-0.1, -0.05) is 35.9 Å². The number of nitrogens with one attached hydrogen (secondary N) is 1. The summed E-state index contributed by atoms with van der Waals surface area (Å²) in [6, 6.07) is 17.8. The summed E-state index contributed by atoms with van der Waals surface area (Å²) >= 11 is 0. The van der Waals surface area contributed by atoms with E-state index in [1.54, 1.807) is 30.7 Å². The number of carbonyl (C=O) groups is 2. The van der Waals surface area contributed by atoms with Gasteiger partial charge in [-0.2, -0.15) is 5.10 Å². The van der Waals surface area contributed by atoms with Crippen LogP contribution in [0.2, 0.25) is 0 Å². The summed E-state index contributed by atoms with van der Waals surface area (Å²) in [5.74, 6) is 0.319. The molecule has 3 aromatic rings. The van der Waals surface area contributed by atoms with Gasteiger partial charge in [0.1, 0.15) is 5.82 Å². The Balaban J connectivity index is 1.88. The van der Waals surface area contributed by atoms with E-state index in [0.29, 0.717) is 5.82 Å². The Morgan fingerprint density at radius 3 is 2.35 bits per heavy atom. The van der Waals surface area contributed by atoms with E-state index in [-0.39, 0.29) is 24.9 Å². The first-order valence-electron chi connectivity index (χ1n) is 10.2. The van der Waals surface area contributed by atoms with Gasteiger partial charge < -0.3 is 10.2 Å². The van der Waals surface area contributed by atoms with E-state index in [9.17, 15) is 9.59 Å². The zero-order valence-corrected chi connectivity index (χ0v) is 18.7. The third kappa shape index (κ3) is 5.58. The third-order valence-electron chi connectivity index (χ3n) is 4.96. The second-order valence-corrected chi connectivity index (χ2v) is 7.99. The molecule has 31 heavy (non-hydrogen) atoms. The van der Waals surface area contributed by atoms with Crippen molar-refractivity contribution in [1.29, 1.82) is 0 Å². The number of aromatic nitrogens is 2. The van der Waals surface area contributed by atoms with E-state index >= 15 is 0 Å². The summed E-state index contributed by atoms with van der Waals surface area (Å²) in [5, 5.41) is 7.75. The molecule has 162 valence electrons. The van der Waals surface area contributed by atoms with Crippen LogP contribution in [0.25, 0.3) is 16.9 Å². The average Bonchev–Trinajstić information content (AvgIpc) is 3.13. The largest absolute Gasteiger partial charge is 0.348 e. The van der Waals surface area contributed by atoms with Crippen molar-refractivity contribution in [1.82, 2.24) is 19.6 Å². The summed E-state index contributed by atoms with van der Waals surface area (Å²) in [7, 11) is 5.14. The Labute approximate surface area is 183 Å². The lowest BCUT2D eigenvalue weighted by atomic mass is 10.0. The first-order valence-corrected chi connectivity index (χ1v) is 10.2. The van der Waals surface area contributed by atoms with Crippen molar-refractivity contribution in [3.8, 4) is 16.9 Å². The van der Waals surface area contributed by atoms with Crippen LogP contribution in [0.3, 0.4) is 0 Å². The predicted octanol–water partition coefficient (Wildman–Crippen LogP) is 3.11. The molecule has 1 N–H and O–H groups in total. The standard InChI is InChI=1S/C24H29N5O2/c1-17-11-12-18(2)20(13-17)21-14-22(29(26-21)19-9-7-6-8-10-19)25-23(30)15-28(5)16-24(31)27(3)4/h6-14H,15-16H2,1-5H3,(H,25,30). The number of anilines is 1. The van der Waals surface area contributed by atoms with Gasteiger partial charge in [-0.05, 0) is 44.7 Å². The highest BCUT2D eigenvalue weighted by Gasteiger charge is 2.17. The van der Waals surface area contributed by atoms with Crippen LogP contribution in [0.5, 0.6) is 0 Å². The van der Waals surface area contributed by atoms with Gasteiger partial charge in [-0.15, -0.1) is 0 Å². The molecule has 0 unspecified atom stereocenters. The zero-order valence-electron chi connectivity index (χ0n) is 18.7. The molecular formula is C24H29N5O2. The summed E-state index contributed by atoms with van der Waals surface area (Å²) in [5.41, 5.74) is 4.93. The SMILES string of the molecule is Cc1ccc(C)c(-c2cc(NC(=O)CN(C)CC(=O)N(C)C)n(-c3ccccc3)n2)c1. The molecule has 0 saturated carbocycles. The molecule has 3 rings (SSSR count). The normalized spacial score (nSPS) is 10.9. The summed E-state index contributed by atoms with van der Waals surface area (Å²) in [4.78, 5) is 27.8. The molecule has 0 fully saturated rings. The van der Waals surface area contributed by atoms with Crippen LogP contribution in [0.1, 0.15) is 11.1 Å². The van der Waals surface area contributed by atoms with Gasteiger partial charge in [0, 0.05) is 25.7 Å². The van der Waals surface area contributed by atoms with E-state index in [2.05, 4.69) is 23.5 Å². The molecule has 0 spiro atoms. The van der Waals surface area contributed by atoms with E-state index in [1.165, 1.54) is 4.90 Å². The first kappa shape index (κ1) is 22.2. The topological polar surface area (TPSA) is 70.5 Å². The molecule has 2 aromatic carbocycles. The van der Waals surface area contributed by atoms with E-state index in [4.69, 9.17) is 5.10 Å². The maximum atomic E-state index is 12.7. The summed E-state index contributed by atoms with van der Waals surface area (Å²) in [6.45, 7) is 4.36. The lowest BCUT2D eigenvalue weighted by molar-refractivity contribution is -0.130. The fourth-order valence-corrected chi connectivity index (χ4v) is 3.24. The number of hydrogen-bond donors (Lipinski definition) is 1. The van der Waals surface area contributed by atoms with Crippen molar-refractivity contribution in [2.45, 2.75) is 13.8 Å². The lowest BCUT2D eigenvalue weighted by Gasteiger charge is -2.18. The quantitative estimate of drug-likeness (QED) is 0.639. The number of aryl methyl sites for hydroxylation is 2. The molecule has 0 aliphatic rings. The molecule has 1 heterocycles.